The Kier molecular flexibility index (Phi) is 4.37. The fourth-order valence-electron chi connectivity index (χ4n) is 2.79. The Morgan fingerprint density at radius 3 is 2.88 bits per heavy atom. The van der Waals surface area contributed by atoms with Crippen molar-refractivity contribution in [2.45, 2.75) is 13.0 Å². The van der Waals surface area contributed by atoms with E-state index in [0.717, 1.165) is 17.0 Å². The molecule has 3 N–H and O–H groups in total. The number of primary amides is 1. The first-order valence-electron chi connectivity index (χ1n) is 7.68. The third-order valence-corrected chi connectivity index (χ3v) is 4.01. The monoisotopic (exact) mass is 325 g/mol. The Bertz CT molecular complexity index is 789. The van der Waals surface area contributed by atoms with Crippen molar-refractivity contribution in [1.82, 2.24) is 0 Å². The predicted molar refractivity (Wildman–Crippen MR) is 92.3 cm³/mol. The lowest BCUT2D eigenvalue weighted by Gasteiger charge is -2.24. The topological polar surface area (TPSA) is 84.7 Å². The van der Waals surface area contributed by atoms with Crippen LogP contribution < -0.4 is 20.7 Å². The number of methoxy groups -OCH3 is 1. The molecule has 2 aromatic rings. The molecule has 1 aliphatic rings. The molecular weight excluding hydrogens is 306 g/mol. The zero-order chi connectivity index (χ0) is 17.1. The molecule has 0 bridgehead atoms. The van der Waals surface area contributed by atoms with Gasteiger partial charge in [0.05, 0.1) is 18.5 Å². The summed E-state index contributed by atoms with van der Waals surface area (Å²) in [5.41, 5.74) is 8.26. The van der Waals surface area contributed by atoms with Crippen molar-refractivity contribution in [1.29, 1.82) is 0 Å². The van der Waals surface area contributed by atoms with Crippen LogP contribution in [-0.4, -0.2) is 25.5 Å². The highest BCUT2D eigenvalue weighted by atomic mass is 16.5. The second-order valence-electron chi connectivity index (χ2n) is 5.67. The van der Waals surface area contributed by atoms with Crippen molar-refractivity contribution in [2.75, 3.05) is 23.9 Å². The Labute approximate surface area is 140 Å². The van der Waals surface area contributed by atoms with Gasteiger partial charge in [0.2, 0.25) is 11.8 Å². The van der Waals surface area contributed by atoms with Gasteiger partial charge in [-0.3, -0.25) is 9.59 Å². The standard InChI is InChI=1S/C18H19N3O3/c1-24-14-4-2-3-12(9-14)11-21-8-7-17(22)20-15-10-13(18(19)23)5-6-16(15)21/h2-6,9-10H,7-8,11H2,1H3,(H2,19,23)(H,20,22). The van der Waals surface area contributed by atoms with Crippen molar-refractivity contribution in [3.8, 4) is 5.75 Å². The van der Waals surface area contributed by atoms with E-state index >= 15 is 0 Å². The highest BCUT2D eigenvalue weighted by Gasteiger charge is 2.20. The molecule has 0 atom stereocenters. The van der Waals surface area contributed by atoms with Crippen LogP contribution in [0.5, 0.6) is 5.75 Å². The fourth-order valence-corrected chi connectivity index (χ4v) is 2.79. The summed E-state index contributed by atoms with van der Waals surface area (Å²) in [6.07, 6.45) is 0.380. The average molecular weight is 325 g/mol. The summed E-state index contributed by atoms with van der Waals surface area (Å²) < 4.78 is 5.26. The second-order valence-corrected chi connectivity index (χ2v) is 5.67. The smallest absolute Gasteiger partial charge is 0.248 e. The third kappa shape index (κ3) is 3.32. The molecule has 124 valence electrons. The zero-order valence-electron chi connectivity index (χ0n) is 13.4. The first-order chi connectivity index (χ1) is 11.6. The van der Waals surface area contributed by atoms with Gasteiger partial charge in [0.1, 0.15) is 5.75 Å². The molecule has 0 saturated carbocycles. The molecule has 0 spiro atoms. The van der Waals surface area contributed by atoms with Crippen LogP contribution in [0.4, 0.5) is 11.4 Å². The number of anilines is 2. The number of hydrogen-bond donors (Lipinski definition) is 2. The summed E-state index contributed by atoms with van der Waals surface area (Å²) in [7, 11) is 1.63. The summed E-state index contributed by atoms with van der Waals surface area (Å²) in [5, 5.41) is 2.84. The number of ether oxygens (including phenoxy) is 1. The molecular formula is C18H19N3O3. The van der Waals surface area contributed by atoms with Crippen molar-refractivity contribution in [3.05, 3.63) is 53.6 Å². The first-order valence-corrected chi connectivity index (χ1v) is 7.68. The molecule has 0 unspecified atom stereocenters. The van der Waals surface area contributed by atoms with Crippen LogP contribution in [-0.2, 0) is 11.3 Å². The van der Waals surface area contributed by atoms with E-state index in [4.69, 9.17) is 10.5 Å². The van der Waals surface area contributed by atoms with Crippen LogP contribution in [0.2, 0.25) is 0 Å². The molecule has 2 aromatic carbocycles. The number of amides is 2. The van der Waals surface area contributed by atoms with Crippen molar-refractivity contribution < 1.29 is 14.3 Å². The van der Waals surface area contributed by atoms with E-state index in [-0.39, 0.29) is 5.91 Å². The second kappa shape index (κ2) is 6.62. The number of benzene rings is 2. The van der Waals surface area contributed by atoms with Crippen LogP contribution >= 0.6 is 0 Å². The van der Waals surface area contributed by atoms with Crippen molar-refractivity contribution >= 4 is 23.2 Å². The largest absolute Gasteiger partial charge is 0.497 e. The van der Waals surface area contributed by atoms with E-state index in [1.807, 2.05) is 30.3 Å². The van der Waals surface area contributed by atoms with E-state index in [2.05, 4.69) is 10.2 Å². The average Bonchev–Trinajstić information content (AvgIpc) is 2.73. The molecule has 24 heavy (non-hydrogen) atoms. The van der Waals surface area contributed by atoms with Gasteiger partial charge in [-0.25, -0.2) is 0 Å². The SMILES string of the molecule is COc1cccc(CN2CCC(=O)Nc3cc(C(N)=O)ccc32)c1. The fraction of sp³-hybridized carbons (Fsp3) is 0.222. The summed E-state index contributed by atoms with van der Waals surface area (Å²) in [6, 6.07) is 12.9. The van der Waals surface area contributed by atoms with E-state index < -0.39 is 5.91 Å². The number of nitrogens with one attached hydrogen (secondary N) is 1. The van der Waals surface area contributed by atoms with Gasteiger partial charge in [0, 0.05) is 25.1 Å². The zero-order valence-corrected chi connectivity index (χ0v) is 13.4. The van der Waals surface area contributed by atoms with Crippen LogP contribution in [0.15, 0.2) is 42.5 Å². The lowest BCUT2D eigenvalue weighted by molar-refractivity contribution is -0.115. The van der Waals surface area contributed by atoms with Gasteiger partial charge < -0.3 is 20.7 Å². The molecule has 0 radical (unpaired) electrons. The number of hydrogen-bond acceptors (Lipinski definition) is 4. The van der Waals surface area contributed by atoms with Gasteiger partial charge in [-0.05, 0) is 35.9 Å². The molecule has 0 aliphatic carbocycles. The molecule has 0 saturated heterocycles. The minimum Gasteiger partial charge on any atom is -0.497 e. The highest BCUT2D eigenvalue weighted by Crippen LogP contribution is 2.31. The molecule has 1 heterocycles. The molecule has 2 amide bonds. The Morgan fingerprint density at radius 1 is 1.29 bits per heavy atom. The first kappa shape index (κ1) is 15.9. The predicted octanol–water partition coefficient (Wildman–Crippen LogP) is 2.14. The minimum absolute atomic E-state index is 0.0778. The normalized spacial score (nSPS) is 13.7. The maximum Gasteiger partial charge on any atom is 0.248 e. The van der Waals surface area contributed by atoms with Gasteiger partial charge in [-0.1, -0.05) is 12.1 Å². The van der Waals surface area contributed by atoms with E-state index in [1.54, 1.807) is 19.2 Å². The summed E-state index contributed by atoms with van der Waals surface area (Å²) in [5.74, 6) is 0.197. The van der Waals surface area contributed by atoms with E-state index in [0.29, 0.717) is 30.8 Å². The van der Waals surface area contributed by atoms with Crippen LogP contribution in [0.25, 0.3) is 0 Å². The molecule has 3 rings (SSSR count). The third-order valence-electron chi connectivity index (χ3n) is 4.01. The molecule has 6 nitrogen and oxygen atoms in total. The molecule has 1 aliphatic heterocycles. The van der Waals surface area contributed by atoms with Gasteiger partial charge in [-0.2, -0.15) is 0 Å². The van der Waals surface area contributed by atoms with Gasteiger partial charge in [0.25, 0.3) is 0 Å². The quantitative estimate of drug-likeness (QED) is 0.902. The maximum atomic E-state index is 12.0. The molecule has 0 fully saturated rings. The number of nitrogens with two attached hydrogens (primary N) is 1. The maximum absolute atomic E-state index is 12.0. The number of carbonyl (C=O) groups is 2. The Hall–Kier alpha value is -3.02. The Balaban J connectivity index is 1.94. The summed E-state index contributed by atoms with van der Waals surface area (Å²) >= 11 is 0. The number of fused-ring (bicyclic) bond motifs is 1. The van der Waals surface area contributed by atoms with Crippen molar-refractivity contribution in [3.63, 3.8) is 0 Å². The lowest BCUT2D eigenvalue weighted by atomic mass is 10.1. The number of carbonyl (C=O) groups excluding carboxylic acids is 2. The van der Waals surface area contributed by atoms with Gasteiger partial charge >= 0.3 is 0 Å². The minimum atomic E-state index is -0.518. The van der Waals surface area contributed by atoms with Gasteiger partial charge in [0.15, 0.2) is 0 Å². The van der Waals surface area contributed by atoms with Crippen LogP contribution in [0.1, 0.15) is 22.3 Å². The van der Waals surface area contributed by atoms with Gasteiger partial charge in [-0.15, -0.1) is 0 Å². The lowest BCUT2D eigenvalue weighted by Crippen LogP contribution is -2.24. The summed E-state index contributed by atoms with van der Waals surface area (Å²) in [4.78, 5) is 25.4. The van der Waals surface area contributed by atoms with Crippen LogP contribution in [0, 0.1) is 0 Å². The van der Waals surface area contributed by atoms with Crippen molar-refractivity contribution in [2.24, 2.45) is 5.73 Å². The van der Waals surface area contributed by atoms with E-state index in [1.165, 1.54) is 0 Å². The molecule has 0 aromatic heterocycles. The summed E-state index contributed by atoms with van der Waals surface area (Å²) in [6.45, 7) is 1.22. The van der Waals surface area contributed by atoms with Crippen LogP contribution in [0.3, 0.4) is 0 Å². The number of rotatable bonds is 4. The molecule has 6 heteroatoms. The Morgan fingerprint density at radius 2 is 2.12 bits per heavy atom. The highest BCUT2D eigenvalue weighted by molar-refractivity contribution is 6.00. The number of nitrogens with zero attached hydrogens (tertiary/aromatic N) is 1. The van der Waals surface area contributed by atoms with E-state index in [9.17, 15) is 9.59 Å².